The van der Waals surface area contributed by atoms with Gasteiger partial charge in [-0.15, -0.1) is 11.3 Å². The number of thiazole rings is 1. The molecule has 2 heterocycles. The van der Waals surface area contributed by atoms with Crippen molar-refractivity contribution in [2.45, 2.75) is 25.0 Å². The van der Waals surface area contributed by atoms with Crippen molar-refractivity contribution in [3.8, 4) is 0 Å². The molecular weight excluding hydrogens is 304 g/mol. The van der Waals surface area contributed by atoms with Gasteiger partial charge in [0.25, 0.3) is 10.0 Å². The van der Waals surface area contributed by atoms with Gasteiger partial charge < -0.3 is 9.52 Å². The fourth-order valence-corrected chi connectivity index (χ4v) is 3.48. The van der Waals surface area contributed by atoms with Crippen molar-refractivity contribution in [2.24, 2.45) is 0 Å². The summed E-state index contributed by atoms with van der Waals surface area (Å²) in [4.78, 5) is 15.7. The normalized spacial score (nSPS) is 13.3. The lowest BCUT2D eigenvalue weighted by Crippen LogP contribution is -2.26. The smallest absolute Gasteiger partial charge is 0.371 e. The van der Waals surface area contributed by atoms with E-state index in [9.17, 15) is 13.2 Å². The summed E-state index contributed by atoms with van der Waals surface area (Å²) >= 11 is 1.38. The third kappa shape index (κ3) is 3.06. The van der Waals surface area contributed by atoms with Crippen molar-refractivity contribution < 1.29 is 22.7 Å². The Morgan fingerprint density at radius 2 is 2.20 bits per heavy atom. The van der Waals surface area contributed by atoms with Gasteiger partial charge in [-0.25, -0.2) is 18.2 Å². The fraction of sp³-hybridized carbons (Fsp3) is 0.273. The number of rotatable bonds is 5. The van der Waals surface area contributed by atoms with Crippen LogP contribution in [-0.4, -0.2) is 24.5 Å². The standard InChI is InChI=1S/C11H12N2O5S2/c1-6-5-12-10(19-6)7(2)13-20(16,17)9-4-3-8(18-9)11(14)15/h3-5,7,13H,1-2H3,(H,14,15). The molecule has 0 spiro atoms. The van der Waals surface area contributed by atoms with E-state index < -0.39 is 32.9 Å². The summed E-state index contributed by atoms with van der Waals surface area (Å²) in [5, 5.41) is 8.90. The number of carboxylic acid groups (broad SMARTS) is 1. The van der Waals surface area contributed by atoms with Crippen LogP contribution in [0.4, 0.5) is 0 Å². The molecule has 0 bridgehead atoms. The first-order valence-corrected chi connectivity index (χ1v) is 7.87. The maximum absolute atomic E-state index is 12.0. The molecule has 108 valence electrons. The molecule has 20 heavy (non-hydrogen) atoms. The van der Waals surface area contributed by atoms with E-state index in [1.165, 1.54) is 11.3 Å². The molecule has 0 aliphatic rings. The summed E-state index contributed by atoms with van der Waals surface area (Å²) < 4.78 is 31.2. The van der Waals surface area contributed by atoms with Crippen LogP contribution in [0, 0.1) is 6.92 Å². The number of nitrogens with one attached hydrogen (secondary N) is 1. The zero-order chi connectivity index (χ0) is 14.9. The second-order valence-corrected chi connectivity index (χ2v) is 6.99. The Morgan fingerprint density at radius 3 is 2.70 bits per heavy atom. The number of furan rings is 1. The molecule has 2 aromatic rings. The van der Waals surface area contributed by atoms with Crippen molar-refractivity contribution in [2.75, 3.05) is 0 Å². The van der Waals surface area contributed by atoms with E-state index in [0.717, 1.165) is 17.0 Å². The topological polar surface area (TPSA) is 110 Å². The minimum Gasteiger partial charge on any atom is -0.475 e. The van der Waals surface area contributed by atoms with E-state index in [4.69, 9.17) is 9.52 Å². The average molecular weight is 316 g/mol. The van der Waals surface area contributed by atoms with E-state index in [2.05, 4.69) is 9.71 Å². The SMILES string of the molecule is Cc1cnc(C(C)NS(=O)(=O)c2ccc(C(=O)O)o2)s1. The number of aromatic nitrogens is 1. The number of aryl methyl sites for hydroxylation is 1. The summed E-state index contributed by atoms with van der Waals surface area (Å²) in [6, 6.07) is 1.66. The van der Waals surface area contributed by atoms with Gasteiger partial charge in [-0.1, -0.05) is 0 Å². The van der Waals surface area contributed by atoms with Gasteiger partial charge in [-0.2, -0.15) is 4.72 Å². The predicted octanol–water partition coefficient (Wildman–Crippen LogP) is 1.78. The Morgan fingerprint density at radius 1 is 1.50 bits per heavy atom. The minimum absolute atomic E-state index is 0.428. The van der Waals surface area contributed by atoms with E-state index in [1.807, 2.05) is 6.92 Å². The number of hydrogen-bond donors (Lipinski definition) is 2. The zero-order valence-electron chi connectivity index (χ0n) is 10.7. The van der Waals surface area contributed by atoms with Crippen LogP contribution in [0.5, 0.6) is 0 Å². The van der Waals surface area contributed by atoms with E-state index >= 15 is 0 Å². The Hall–Kier alpha value is -1.71. The lowest BCUT2D eigenvalue weighted by Gasteiger charge is -2.09. The van der Waals surface area contributed by atoms with Gasteiger partial charge in [0.2, 0.25) is 10.9 Å². The molecule has 0 saturated heterocycles. The van der Waals surface area contributed by atoms with Crippen LogP contribution >= 0.6 is 11.3 Å². The summed E-state index contributed by atoms with van der Waals surface area (Å²) in [6.07, 6.45) is 1.65. The van der Waals surface area contributed by atoms with Crippen molar-refractivity contribution in [3.05, 3.63) is 34.0 Å². The Bertz CT molecular complexity index is 732. The molecular formula is C11H12N2O5S2. The highest BCUT2D eigenvalue weighted by molar-refractivity contribution is 7.89. The van der Waals surface area contributed by atoms with Crippen molar-refractivity contribution in [1.82, 2.24) is 9.71 Å². The van der Waals surface area contributed by atoms with Gasteiger partial charge in [0, 0.05) is 11.1 Å². The van der Waals surface area contributed by atoms with Crippen molar-refractivity contribution in [3.63, 3.8) is 0 Å². The fourth-order valence-electron chi connectivity index (χ4n) is 1.49. The molecule has 9 heteroatoms. The summed E-state index contributed by atoms with van der Waals surface area (Å²) in [7, 11) is -3.92. The monoisotopic (exact) mass is 316 g/mol. The Kier molecular flexibility index (Phi) is 3.93. The first-order chi connectivity index (χ1) is 9.29. The van der Waals surface area contributed by atoms with Crippen LogP contribution in [0.2, 0.25) is 0 Å². The van der Waals surface area contributed by atoms with E-state index in [1.54, 1.807) is 13.1 Å². The third-order valence-corrected chi connectivity index (χ3v) is 4.91. The van der Waals surface area contributed by atoms with Gasteiger partial charge >= 0.3 is 5.97 Å². The highest BCUT2D eigenvalue weighted by Gasteiger charge is 2.24. The molecule has 0 aliphatic heterocycles. The highest BCUT2D eigenvalue weighted by Crippen LogP contribution is 2.22. The van der Waals surface area contributed by atoms with Gasteiger partial charge in [0.15, 0.2) is 0 Å². The second-order valence-electron chi connectivity index (χ2n) is 4.08. The van der Waals surface area contributed by atoms with Crippen LogP contribution in [0.3, 0.4) is 0 Å². The molecule has 0 radical (unpaired) electrons. The highest BCUT2D eigenvalue weighted by atomic mass is 32.2. The molecule has 7 nitrogen and oxygen atoms in total. The number of aromatic carboxylic acids is 1. The Balaban J connectivity index is 2.20. The van der Waals surface area contributed by atoms with Crippen LogP contribution in [-0.2, 0) is 10.0 Å². The first-order valence-electron chi connectivity index (χ1n) is 5.57. The maximum atomic E-state index is 12.0. The number of nitrogens with zero attached hydrogens (tertiary/aromatic N) is 1. The summed E-state index contributed by atoms with van der Waals surface area (Å²) in [6.45, 7) is 3.52. The molecule has 1 atom stereocenters. The minimum atomic E-state index is -3.92. The predicted molar refractivity (Wildman–Crippen MR) is 71.3 cm³/mol. The number of carboxylic acids is 1. The first kappa shape index (κ1) is 14.7. The molecule has 0 saturated carbocycles. The molecule has 0 aromatic carbocycles. The van der Waals surface area contributed by atoms with Gasteiger partial charge in [0.1, 0.15) is 5.01 Å². The molecule has 0 fully saturated rings. The number of carbonyl (C=O) groups is 1. The van der Waals surface area contributed by atoms with E-state index in [0.29, 0.717) is 5.01 Å². The maximum Gasteiger partial charge on any atom is 0.371 e. The average Bonchev–Trinajstić information content (AvgIpc) is 2.96. The summed E-state index contributed by atoms with van der Waals surface area (Å²) in [5.74, 6) is -1.75. The number of hydrogen-bond acceptors (Lipinski definition) is 6. The molecule has 0 aliphatic carbocycles. The number of sulfonamides is 1. The van der Waals surface area contributed by atoms with Crippen LogP contribution < -0.4 is 4.72 Å². The lowest BCUT2D eigenvalue weighted by molar-refractivity contribution is 0.0656. The van der Waals surface area contributed by atoms with Gasteiger partial charge in [0.05, 0.1) is 6.04 Å². The molecule has 2 rings (SSSR count). The largest absolute Gasteiger partial charge is 0.475 e. The molecule has 1 unspecified atom stereocenters. The second kappa shape index (κ2) is 5.35. The van der Waals surface area contributed by atoms with Crippen molar-refractivity contribution >= 4 is 27.3 Å². The quantitative estimate of drug-likeness (QED) is 0.870. The molecule has 0 amide bonds. The zero-order valence-corrected chi connectivity index (χ0v) is 12.3. The van der Waals surface area contributed by atoms with Gasteiger partial charge in [-0.3, -0.25) is 0 Å². The third-order valence-electron chi connectivity index (χ3n) is 2.40. The summed E-state index contributed by atoms with van der Waals surface area (Å²) in [5.41, 5.74) is 0. The van der Waals surface area contributed by atoms with E-state index in [-0.39, 0.29) is 0 Å². The Labute approximate surface area is 119 Å². The van der Waals surface area contributed by atoms with Gasteiger partial charge in [-0.05, 0) is 26.0 Å². The van der Waals surface area contributed by atoms with Crippen LogP contribution in [0.1, 0.15) is 33.4 Å². The molecule has 2 aromatic heterocycles. The lowest BCUT2D eigenvalue weighted by atomic mass is 10.4. The van der Waals surface area contributed by atoms with Crippen LogP contribution in [0.15, 0.2) is 27.8 Å². The molecule has 2 N–H and O–H groups in total. The van der Waals surface area contributed by atoms with Crippen molar-refractivity contribution in [1.29, 1.82) is 0 Å². The van der Waals surface area contributed by atoms with Crippen LogP contribution in [0.25, 0.3) is 0 Å².